The minimum atomic E-state index is -0.736. The first-order valence-electron chi connectivity index (χ1n) is 4.50. The number of hydrogen-bond donors (Lipinski definition) is 0. The van der Waals surface area contributed by atoms with E-state index in [1.54, 1.807) is 0 Å². The first-order valence-corrected chi connectivity index (χ1v) is 19.5. The van der Waals surface area contributed by atoms with Crippen LogP contribution in [-0.4, -0.2) is 40.1 Å². The van der Waals surface area contributed by atoms with E-state index >= 15 is 0 Å². The molecule has 0 aromatic heterocycles. The third-order valence-corrected chi connectivity index (χ3v) is 47.2. The molecule has 0 amide bonds. The van der Waals surface area contributed by atoms with Crippen molar-refractivity contribution in [1.82, 2.24) is 0 Å². The van der Waals surface area contributed by atoms with Crippen molar-refractivity contribution in [3.63, 3.8) is 0 Å². The van der Waals surface area contributed by atoms with Gasteiger partial charge in [-0.25, -0.2) is 0 Å². The Morgan fingerprint density at radius 2 is 1.33 bits per heavy atom. The molecule has 0 saturated heterocycles. The fourth-order valence-electron chi connectivity index (χ4n) is 1.00. The molecule has 69 valence electrons. The van der Waals surface area contributed by atoms with E-state index in [1.807, 2.05) is 0 Å². The summed E-state index contributed by atoms with van der Waals surface area (Å²) in [5, 5.41) is 0. The van der Waals surface area contributed by atoms with Crippen molar-refractivity contribution in [2.24, 2.45) is 0 Å². The van der Waals surface area contributed by atoms with Crippen LogP contribution < -0.4 is 0 Å². The van der Waals surface area contributed by atoms with E-state index in [2.05, 4.69) is 45.8 Å². The number of hydrogen-bond acceptors (Lipinski definition) is 0. The smallest absolute Gasteiger partial charge is 0.0292 e. The lowest BCUT2D eigenvalue weighted by Gasteiger charge is -2.30. The predicted octanol–water partition coefficient (Wildman–Crippen LogP) is 2.18. The molecule has 0 aliphatic carbocycles. The van der Waals surface area contributed by atoms with Crippen LogP contribution in [0.2, 0.25) is 45.8 Å². The molecule has 12 heavy (non-hydrogen) atoms. The molecular formula is C7H21Si5. The summed E-state index contributed by atoms with van der Waals surface area (Å²) in [6, 6.07) is 0. The summed E-state index contributed by atoms with van der Waals surface area (Å²) in [4.78, 5) is 0. The van der Waals surface area contributed by atoms with Gasteiger partial charge in [0, 0.05) is 40.1 Å². The molecule has 0 unspecified atom stereocenters. The Bertz CT molecular complexity index is 132. The molecule has 0 aromatic carbocycles. The van der Waals surface area contributed by atoms with Gasteiger partial charge >= 0.3 is 0 Å². The Hall–Kier alpha value is 1.08. The van der Waals surface area contributed by atoms with Gasteiger partial charge in [0.25, 0.3) is 0 Å². The molecule has 0 nitrogen and oxygen atoms in total. The van der Waals surface area contributed by atoms with Gasteiger partial charge in [0.1, 0.15) is 0 Å². The van der Waals surface area contributed by atoms with Crippen LogP contribution in [-0.2, 0) is 0 Å². The van der Waals surface area contributed by atoms with Gasteiger partial charge in [-0.15, -0.1) is 0 Å². The Morgan fingerprint density at radius 1 is 0.917 bits per heavy atom. The summed E-state index contributed by atoms with van der Waals surface area (Å²) < 4.78 is 0. The molecule has 5 heteroatoms. The van der Waals surface area contributed by atoms with Gasteiger partial charge in [0.05, 0.1) is 0 Å². The summed E-state index contributed by atoms with van der Waals surface area (Å²) in [5.41, 5.74) is 0. The summed E-state index contributed by atoms with van der Waals surface area (Å²) >= 11 is 0. The van der Waals surface area contributed by atoms with E-state index in [4.69, 9.17) is 0 Å². The lowest BCUT2D eigenvalue weighted by Crippen LogP contribution is -2.58. The average molecular weight is 246 g/mol. The fourth-order valence-corrected chi connectivity index (χ4v) is 60.8. The highest BCUT2D eigenvalue weighted by Crippen LogP contribution is 2.09. The van der Waals surface area contributed by atoms with Crippen LogP contribution in [0.5, 0.6) is 0 Å². The normalized spacial score (nSPS) is 14.0. The standard InChI is InChI=1S/C7H21Si5/c1-8-10(12(5,6)7)9-11(2,3)4/h1-7H3. The van der Waals surface area contributed by atoms with Crippen LogP contribution in [0.15, 0.2) is 0 Å². The second kappa shape index (κ2) is 4.54. The van der Waals surface area contributed by atoms with E-state index < -0.39 is 15.2 Å². The van der Waals surface area contributed by atoms with Crippen LogP contribution in [0.25, 0.3) is 0 Å². The van der Waals surface area contributed by atoms with Gasteiger partial charge in [-0.2, -0.15) is 0 Å². The molecule has 0 saturated carbocycles. The van der Waals surface area contributed by atoms with E-state index in [-0.39, 0.29) is 7.35 Å². The molecule has 5 radical (unpaired) electrons. The summed E-state index contributed by atoms with van der Waals surface area (Å²) in [6.07, 6.45) is 0. The molecule has 0 aliphatic heterocycles. The molecule has 0 atom stereocenters. The van der Waals surface area contributed by atoms with E-state index in [1.165, 1.54) is 17.6 Å². The van der Waals surface area contributed by atoms with Gasteiger partial charge in [0.2, 0.25) is 0 Å². The summed E-state index contributed by atoms with van der Waals surface area (Å²) in [7, 11) is 1.31. The van der Waals surface area contributed by atoms with Crippen molar-refractivity contribution in [3.05, 3.63) is 0 Å². The quantitative estimate of drug-likeness (QED) is 0.666. The van der Waals surface area contributed by atoms with E-state index in [9.17, 15) is 0 Å². The lowest BCUT2D eigenvalue weighted by atomic mass is 11.8. The maximum absolute atomic E-state index is 2.57. The van der Waals surface area contributed by atoms with Crippen LogP contribution in [0.3, 0.4) is 0 Å². The van der Waals surface area contributed by atoms with Crippen LogP contribution in [0.1, 0.15) is 0 Å². The van der Waals surface area contributed by atoms with Crippen molar-refractivity contribution < 1.29 is 0 Å². The SMILES string of the molecule is C[Si][Si]([Si][Si](C)(C)C)[Si](C)(C)C. The maximum atomic E-state index is 2.57. The number of rotatable bonds is 4. The molecule has 0 heterocycles. The largest absolute Gasteiger partial charge is 0.0761 e. The summed E-state index contributed by atoms with van der Waals surface area (Å²) in [6.45, 7) is 17.8. The monoisotopic (exact) mass is 245 g/mol. The second-order valence-electron chi connectivity index (χ2n) is 5.25. The highest BCUT2D eigenvalue weighted by atomic mass is 30.0. The third kappa shape index (κ3) is 5.68. The van der Waals surface area contributed by atoms with Gasteiger partial charge in [-0.3, -0.25) is 0 Å². The topological polar surface area (TPSA) is 0 Å². The Balaban J connectivity index is 4.20. The molecule has 0 aromatic rings. The minimum absolute atomic E-state index is 0.0993. The van der Waals surface area contributed by atoms with Gasteiger partial charge in [-0.05, 0) is 0 Å². The van der Waals surface area contributed by atoms with Crippen molar-refractivity contribution in [2.75, 3.05) is 0 Å². The van der Waals surface area contributed by atoms with E-state index in [0.717, 1.165) is 0 Å². The average Bonchev–Trinajstić information content (AvgIpc) is 1.78. The molecule has 0 rings (SSSR count). The highest BCUT2D eigenvalue weighted by Gasteiger charge is 2.31. The first-order chi connectivity index (χ1) is 5.17. The Kier molecular flexibility index (Phi) is 4.95. The molecule has 0 spiro atoms. The zero-order valence-corrected chi connectivity index (χ0v) is 14.5. The first kappa shape index (κ1) is 13.1. The van der Waals surface area contributed by atoms with Gasteiger partial charge in [0.15, 0.2) is 0 Å². The van der Waals surface area contributed by atoms with Crippen LogP contribution in [0, 0.1) is 0 Å². The van der Waals surface area contributed by atoms with Crippen LogP contribution in [0.4, 0.5) is 0 Å². The fraction of sp³-hybridized carbons (Fsp3) is 1.00. The van der Waals surface area contributed by atoms with E-state index in [0.29, 0.717) is 0 Å². The van der Waals surface area contributed by atoms with Crippen molar-refractivity contribution in [1.29, 1.82) is 0 Å². The van der Waals surface area contributed by atoms with Crippen molar-refractivity contribution >= 4 is 40.1 Å². The van der Waals surface area contributed by atoms with Crippen LogP contribution >= 0.6 is 0 Å². The third-order valence-electron chi connectivity index (χ3n) is 1.50. The molecule has 0 aliphatic rings. The molecule has 0 N–H and O–H groups in total. The summed E-state index contributed by atoms with van der Waals surface area (Å²) in [5.74, 6) is 0. The zero-order valence-electron chi connectivity index (χ0n) is 9.50. The predicted molar refractivity (Wildman–Crippen MR) is 69.8 cm³/mol. The lowest BCUT2D eigenvalue weighted by molar-refractivity contribution is 1.85. The van der Waals surface area contributed by atoms with Crippen molar-refractivity contribution in [3.8, 4) is 0 Å². The van der Waals surface area contributed by atoms with Gasteiger partial charge in [-0.1, -0.05) is 45.8 Å². The zero-order chi connectivity index (χ0) is 9.99. The Labute approximate surface area is 86.0 Å². The Morgan fingerprint density at radius 3 is 1.42 bits per heavy atom. The molecule has 0 fully saturated rings. The highest BCUT2D eigenvalue weighted by molar-refractivity contribution is 7.77. The van der Waals surface area contributed by atoms with Gasteiger partial charge < -0.3 is 0 Å². The second-order valence-corrected chi connectivity index (χ2v) is 38.2. The van der Waals surface area contributed by atoms with Crippen molar-refractivity contribution in [2.45, 2.75) is 45.8 Å². The minimum Gasteiger partial charge on any atom is -0.0761 e. The maximum Gasteiger partial charge on any atom is 0.0292 e. The molecular weight excluding hydrogens is 225 g/mol. The molecule has 0 bridgehead atoms.